The van der Waals surface area contributed by atoms with Crippen LogP contribution in [0.1, 0.15) is 13.8 Å². The SMILES string of the molecule is CC(C)[C@H](NC(=O)CNC(=O)CCl)C(=O)O. The first kappa shape index (κ1) is 14.7. The Labute approximate surface area is 98.3 Å². The van der Waals surface area contributed by atoms with E-state index in [1.807, 2.05) is 0 Å². The molecule has 0 rings (SSSR count). The third kappa shape index (κ3) is 5.55. The van der Waals surface area contributed by atoms with Gasteiger partial charge in [-0.1, -0.05) is 13.8 Å². The number of carbonyl (C=O) groups is 3. The summed E-state index contributed by atoms with van der Waals surface area (Å²) in [6.07, 6.45) is 0. The van der Waals surface area contributed by atoms with Crippen LogP contribution in [0.25, 0.3) is 0 Å². The van der Waals surface area contributed by atoms with E-state index in [0.29, 0.717) is 0 Å². The molecule has 0 saturated carbocycles. The molecule has 0 heterocycles. The Morgan fingerprint density at radius 1 is 1.25 bits per heavy atom. The van der Waals surface area contributed by atoms with Gasteiger partial charge in [0.25, 0.3) is 0 Å². The van der Waals surface area contributed by atoms with Gasteiger partial charge in [-0.3, -0.25) is 9.59 Å². The fourth-order valence-corrected chi connectivity index (χ4v) is 1.06. The number of nitrogens with one attached hydrogen (secondary N) is 2. The van der Waals surface area contributed by atoms with E-state index in [-0.39, 0.29) is 18.3 Å². The van der Waals surface area contributed by atoms with Gasteiger partial charge in [0.15, 0.2) is 0 Å². The van der Waals surface area contributed by atoms with Crippen molar-refractivity contribution < 1.29 is 19.5 Å². The summed E-state index contributed by atoms with van der Waals surface area (Å²) in [7, 11) is 0. The average molecular weight is 251 g/mol. The Bertz CT molecular complexity index is 281. The zero-order chi connectivity index (χ0) is 12.7. The molecule has 0 aromatic rings. The van der Waals surface area contributed by atoms with Crippen molar-refractivity contribution in [3.63, 3.8) is 0 Å². The van der Waals surface area contributed by atoms with Crippen LogP contribution < -0.4 is 10.6 Å². The van der Waals surface area contributed by atoms with Gasteiger partial charge in [0, 0.05) is 0 Å². The molecule has 0 aliphatic carbocycles. The van der Waals surface area contributed by atoms with E-state index in [2.05, 4.69) is 10.6 Å². The number of amides is 2. The monoisotopic (exact) mass is 250 g/mol. The number of halogens is 1. The number of carbonyl (C=O) groups excluding carboxylic acids is 2. The summed E-state index contributed by atoms with van der Waals surface area (Å²) >= 11 is 5.20. The molecule has 7 heteroatoms. The molecule has 16 heavy (non-hydrogen) atoms. The van der Waals surface area contributed by atoms with Crippen LogP contribution in [0.3, 0.4) is 0 Å². The normalized spacial score (nSPS) is 12.0. The molecule has 3 N–H and O–H groups in total. The Kier molecular flexibility index (Phi) is 6.48. The van der Waals surface area contributed by atoms with Gasteiger partial charge in [-0.15, -0.1) is 11.6 Å². The highest BCUT2D eigenvalue weighted by Crippen LogP contribution is 2.00. The van der Waals surface area contributed by atoms with Crippen LogP contribution in [-0.2, 0) is 14.4 Å². The van der Waals surface area contributed by atoms with Crippen LogP contribution in [-0.4, -0.2) is 41.4 Å². The van der Waals surface area contributed by atoms with Gasteiger partial charge in [-0.25, -0.2) is 4.79 Å². The molecule has 0 spiro atoms. The maximum Gasteiger partial charge on any atom is 0.326 e. The lowest BCUT2D eigenvalue weighted by Gasteiger charge is -2.17. The Morgan fingerprint density at radius 2 is 1.81 bits per heavy atom. The zero-order valence-corrected chi connectivity index (χ0v) is 9.87. The Hall–Kier alpha value is -1.30. The predicted octanol–water partition coefficient (Wildman–Crippen LogP) is -0.433. The molecular weight excluding hydrogens is 236 g/mol. The summed E-state index contributed by atoms with van der Waals surface area (Å²) in [6.45, 7) is 3.08. The van der Waals surface area contributed by atoms with Gasteiger partial charge < -0.3 is 15.7 Å². The molecule has 6 nitrogen and oxygen atoms in total. The highest BCUT2D eigenvalue weighted by Gasteiger charge is 2.23. The lowest BCUT2D eigenvalue weighted by molar-refractivity contribution is -0.143. The third-order valence-electron chi connectivity index (χ3n) is 1.82. The molecular formula is C9H15ClN2O4. The third-order valence-corrected chi connectivity index (χ3v) is 2.06. The second kappa shape index (κ2) is 7.05. The van der Waals surface area contributed by atoms with Crippen molar-refractivity contribution in [2.45, 2.75) is 19.9 Å². The number of carboxylic acid groups (broad SMARTS) is 1. The second-order valence-corrected chi connectivity index (χ2v) is 3.81. The molecule has 0 aromatic heterocycles. The van der Waals surface area contributed by atoms with E-state index >= 15 is 0 Å². The highest BCUT2D eigenvalue weighted by molar-refractivity contribution is 6.27. The largest absolute Gasteiger partial charge is 0.480 e. The predicted molar refractivity (Wildman–Crippen MR) is 58.1 cm³/mol. The van der Waals surface area contributed by atoms with Crippen LogP contribution in [0, 0.1) is 5.92 Å². The number of rotatable bonds is 6. The fraction of sp³-hybridized carbons (Fsp3) is 0.667. The van der Waals surface area contributed by atoms with Gasteiger partial charge in [-0.2, -0.15) is 0 Å². The standard InChI is InChI=1S/C9H15ClN2O4/c1-5(2)8(9(15)16)12-7(14)4-11-6(13)3-10/h5,8H,3-4H2,1-2H3,(H,11,13)(H,12,14)(H,15,16)/t8-/m0/s1. The molecule has 0 aliphatic rings. The van der Waals surface area contributed by atoms with Gasteiger partial charge in [0.2, 0.25) is 11.8 Å². The maximum absolute atomic E-state index is 11.3. The maximum atomic E-state index is 11.3. The molecule has 0 radical (unpaired) electrons. The fourth-order valence-electron chi connectivity index (χ4n) is 0.964. The molecule has 2 amide bonds. The molecule has 0 aromatic carbocycles. The molecule has 1 atom stereocenters. The van der Waals surface area contributed by atoms with E-state index in [0.717, 1.165) is 0 Å². The lowest BCUT2D eigenvalue weighted by atomic mass is 10.1. The number of carboxylic acids is 1. The molecule has 92 valence electrons. The summed E-state index contributed by atoms with van der Waals surface area (Å²) in [5, 5.41) is 13.3. The molecule has 0 unspecified atom stereocenters. The Balaban J connectivity index is 4.11. The summed E-state index contributed by atoms with van der Waals surface area (Å²) < 4.78 is 0. The molecule has 0 aliphatic heterocycles. The van der Waals surface area contributed by atoms with Crippen LogP contribution >= 0.6 is 11.6 Å². The van der Waals surface area contributed by atoms with E-state index in [9.17, 15) is 14.4 Å². The van der Waals surface area contributed by atoms with Crippen LogP contribution in [0.15, 0.2) is 0 Å². The van der Waals surface area contributed by atoms with E-state index in [1.54, 1.807) is 13.8 Å². The van der Waals surface area contributed by atoms with Crippen molar-refractivity contribution in [2.24, 2.45) is 5.92 Å². The minimum atomic E-state index is -1.10. The van der Waals surface area contributed by atoms with Crippen molar-refractivity contribution in [3.8, 4) is 0 Å². The molecule has 0 saturated heterocycles. The first-order valence-electron chi connectivity index (χ1n) is 4.73. The average Bonchev–Trinajstić information content (AvgIpc) is 2.21. The quantitative estimate of drug-likeness (QED) is 0.557. The van der Waals surface area contributed by atoms with Gasteiger partial charge >= 0.3 is 5.97 Å². The van der Waals surface area contributed by atoms with Crippen LogP contribution in [0.5, 0.6) is 0 Å². The first-order valence-corrected chi connectivity index (χ1v) is 5.26. The summed E-state index contributed by atoms with van der Waals surface area (Å²) in [6, 6.07) is -0.958. The van der Waals surface area contributed by atoms with E-state index < -0.39 is 23.8 Å². The highest BCUT2D eigenvalue weighted by atomic mass is 35.5. The number of hydrogen-bond acceptors (Lipinski definition) is 3. The summed E-state index contributed by atoms with van der Waals surface area (Å²) in [5.74, 6) is -2.61. The smallest absolute Gasteiger partial charge is 0.326 e. The van der Waals surface area contributed by atoms with Crippen molar-refractivity contribution in [2.75, 3.05) is 12.4 Å². The first-order chi connectivity index (χ1) is 7.38. The lowest BCUT2D eigenvalue weighted by Crippen LogP contribution is -2.48. The topological polar surface area (TPSA) is 95.5 Å². The van der Waals surface area contributed by atoms with Gasteiger partial charge in [-0.05, 0) is 5.92 Å². The van der Waals surface area contributed by atoms with Crippen LogP contribution in [0.4, 0.5) is 0 Å². The van der Waals surface area contributed by atoms with Crippen molar-refractivity contribution in [3.05, 3.63) is 0 Å². The van der Waals surface area contributed by atoms with Crippen molar-refractivity contribution >= 4 is 29.4 Å². The number of alkyl halides is 1. The molecule has 0 fully saturated rings. The molecule has 0 bridgehead atoms. The van der Waals surface area contributed by atoms with Gasteiger partial charge in [0.05, 0.1) is 6.54 Å². The van der Waals surface area contributed by atoms with Crippen LogP contribution in [0.2, 0.25) is 0 Å². The van der Waals surface area contributed by atoms with Crippen molar-refractivity contribution in [1.29, 1.82) is 0 Å². The summed E-state index contributed by atoms with van der Waals surface area (Å²) in [5.41, 5.74) is 0. The number of aliphatic carboxylic acids is 1. The van der Waals surface area contributed by atoms with Crippen molar-refractivity contribution in [1.82, 2.24) is 10.6 Å². The Morgan fingerprint density at radius 3 is 2.19 bits per heavy atom. The van der Waals surface area contributed by atoms with E-state index in [4.69, 9.17) is 16.7 Å². The minimum Gasteiger partial charge on any atom is -0.480 e. The minimum absolute atomic E-state index is 0.231. The summed E-state index contributed by atoms with van der Waals surface area (Å²) in [4.78, 5) is 32.7. The zero-order valence-electron chi connectivity index (χ0n) is 9.12. The van der Waals surface area contributed by atoms with Gasteiger partial charge in [0.1, 0.15) is 11.9 Å². The van der Waals surface area contributed by atoms with E-state index in [1.165, 1.54) is 0 Å². The number of hydrogen-bond donors (Lipinski definition) is 3. The second-order valence-electron chi connectivity index (χ2n) is 3.54.